The van der Waals surface area contributed by atoms with E-state index in [2.05, 4.69) is 20.2 Å². The number of fused-ring (bicyclic) bond motifs is 2. The predicted octanol–water partition coefficient (Wildman–Crippen LogP) is 4.16. The van der Waals surface area contributed by atoms with Crippen LogP contribution in [0.15, 0.2) is 70.7 Å². The number of aromatic amines is 1. The Bertz CT molecular complexity index is 1140. The number of pyridine rings is 1. The van der Waals surface area contributed by atoms with Gasteiger partial charge in [-0.2, -0.15) is 0 Å². The van der Waals surface area contributed by atoms with E-state index in [1.165, 1.54) is 11.8 Å². The molecule has 7 heteroatoms. The molecule has 1 N–H and O–H groups in total. The average Bonchev–Trinajstić information content (AvgIpc) is 3.36. The largest absolute Gasteiger partial charge is 0.411 e. The molecule has 0 aliphatic rings. The Kier molecular flexibility index (Phi) is 3.31. The van der Waals surface area contributed by atoms with E-state index in [4.69, 9.17) is 4.42 Å². The topological polar surface area (TPSA) is 72.0 Å². The lowest BCUT2D eigenvalue weighted by Gasteiger charge is -1.93. The Labute approximate surface area is 146 Å². The van der Waals surface area contributed by atoms with Gasteiger partial charge >= 0.3 is 0 Å². The lowest BCUT2D eigenvalue weighted by atomic mass is 10.2. The second-order valence-corrected chi connectivity index (χ2v) is 6.53. The van der Waals surface area contributed by atoms with E-state index < -0.39 is 0 Å². The first-order valence-corrected chi connectivity index (χ1v) is 8.81. The maximum absolute atomic E-state index is 5.82. The number of hydrogen-bond donors (Lipinski definition) is 1. The van der Waals surface area contributed by atoms with Crippen molar-refractivity contribution >= 4 is 28.3 Å². The van der Waals surface area contributed by atoms with Gasteiger partial charge in [0.15, 0.2) is 0 Å². The normalized spacial score (nSPS) is 11.5. The molecule has 25 heavy (non-hydrogen) atoms. The third kappa shape index (κ3) is 2.58. The second-order valence-electron chi connectivity index (χ2n) is 5.61. The summed E-state index contributed by atoms with van der Waals surface area (Å²) in [4.78, 5) is 7.79. The van der Waals surface area contributed by atoms with Gasteiger partial charge in [-0.1, -0.05) is 36.0 Å². The molecular formula is C18H13N5OS. The standard InChI is InChI=1S/C18H13N5OS/c1-2-6-15-13(5-1)14(9-19-15)17-21-22-18(24-17)25-11-12-10-23-8-4-3-7-16(23)20-12/h1-10,19H,11H2. The first kappa shape index (κ1) is 14.3. The second kappa shape index (κ2) is 5.78. The van der Waals surface area contributed by atoms with Crippen LogP contribution in [0, 0.1) is 0 Å². The molecule has 0 atom stereocenters. The Hall–Kier alpha value is -3.06. The lowest BCUT2D eigenvalue weighted by molar-refractivity contribution is 0.466. The van der Waals surface area contributed by atoms with Crippen LogP contribution in [0.5, 0.6) is 0 Å². The molecule has 0 saturated heterocycles. The number of imidazole rings is 1. The predicted molar refractivity (Wildman–Crippen MR) is 96.3 cm³/mol. The number of H-pyrrole nitrogens is 1. The van der Waals surface area contributed by atoms with E-state index in [1.807, 2.05) is 65.5 Å². The fraction of sp³-hybridized carbons (Fsp3) is 0.0556. The van der Waals surface area contributed by atoms with Crippen LogP contribution in [-0.4, -0.2) is 24.6 Å². The van der Waals surface area contributed by atoms with Gasteiger partial charge in [0.1, 0.15) is 5.65 Å². The number of nitrogens with zero attached hydrogens (tertiary/aromatic N) is 4. The van der Waals surface area contributed by atoms with Gasteiger partial charge in [-0.3, -0.25) is 0 Å². The van der Waals surface area contributed by atoms with Crippen LogP contribution in [0.25, 0.3) is 28.0 Å². The van der Waals surface area contributed by atoms with Crippen molar-refractivity contribution in [2.45, 2.75) is 11.0 Å². The van der Waals surface area contributed by atoms with Crippen molar-refractivity contribution < 1.29 is 4.42 Å². The van der Waals surface area contributed by atoms with Crippen LogP contribution >= 0.6 is 11.8 Å². The van der Waals surface area contributed by atoms with Gasteiger partial charge < -0.3 is 13.8 Å². The summed E-state index contributed by atoms with van der Waals surface area (Å²) in [6.07, 6.45) is 5.90. The van der Waals surface area contributed by atoms with Crippen LogP contribution in [-0.2, 0) is 5.75 Å². The number of para-hydroxylation sites is 1. The molecule has 0 radical (unpaired) electrons. The quantitative estimate of drug-likeness (QED) is 0.494. The van der Waals surface area contributed by atoms with Crippen molar-refractivity contribution in [1.82, 2.24) is 24.6 Å². The number of benzene rings is 1. The average molecular weight is 347 g/mol. The van der Waals surface area contributed by atoms with Crippen LogP contribution in [0.1, 0.15) is 5.69 Å². The van der Waals surface area contributed by atoms with Gasteiger partial charge in [0.05, 0.1) is 11.3 Å². The summed E-state index contributed by atoms with van der Waals surface area (Å²) in [5, 5.41) is 9.94. The number of thioether (sulfide) groups is 1. The molecule has 4 heterocycles. The number of hydrogen-bond acceptors (Lipinski definition) is 5. The summed E-state index contributed by atoms with van der Waals surface area (Å²) in [7, 11) is 0. The highest BCUT2D eigenvalue weighted by Crippen LogP contribution is 2.30. The fourth-order valence-corrected chi connectivity index (χ4v) is 3.46. The van der Waals surface area contributed by atoms with Gasteiger partial charge in [0.25, 0.3) is 11.1 Å². The lowest BCUT2D eigenvalue weighted by Crippen LogP contribution is -1.79. The third-order valence-corrected chi connectivity index (χ3v) is 4.84. The molecule has 0 bridgehead atoms. The van der Waals surface area contributed by atoms with Gasteiger partial charge in [-0.25, -0.2) is 4.98 Å². The molecule has 5 aromatic rings. The fourth-order valence-electron chi connectivity index (χ4n) is 2.82. The zero-order chi connectivity index (χ0) is 16.6. The van der Waals surface area contributed by atoms with Crippen LogP contribution in [0.3, 0.4) is 0 Å². The van der Waals surface area contributed by atoms with E-state index in [-0.39, 0.29) is 0 Å². The van der Waals surface area contributed by atoms with Crippen molar-refractivity contribution in [3.8, 4) is 11.5 Å². The van der Waals surface area contributed by atoms with Crippen molar-refractivity contribution in [2.24, 2.45) is 0 Å². The Morgan fingerprint density at radius 3 is 2.96 bits per heavy atom. The zero-order valence-electron chi connectivity index (χ0n) is 13.1. The third-order valence-electron chi connectivity index (χ3n) is 3.98. The van der Waals surface area contributed by atoms with E-state index in [0.29, 0.717) is 16.9 Å². The van der Waals surface area contributed by atoms with Gasteiger partial charge in [0, 0.05) is 35.2 Å². The SMILES string of the molecule is c1ccc2c(-c3nnc(SCc4cn5ccccc5n4)o3)c[nH]c2c1. The van der Waals surface area contributed by atoms with Crippen LogP contribution in [0.2, 0.25) is 0 Å². The highest BCUT2D eigenvalue weighted by molar-refractivity contribution is 7.98. The minimum atomic E-state index is 0.523. The molecule has 0 aliphatic carbocycles. The van der Waals surface area contributed by atoms with Gasteiger partial charge in [-0.15, -0.1) is 10.2 Å². The monoisotopic (exact) mass is 347 g/mol. The van der Waals surface area contributed by atoms with Crippen molar-refractivity contribution in [1.29, 1.82) is 0 Å². The number of nitrogens with one attached hydrogen (secondary N) is 1. The highest BCUT2D eigenvalue weighted by Gasteiger charge is 2.14. The summed E-state index contributed by atoms with van der Waals surface area (Å²) < 4.78 is 7.82. The minimum Gasteiger partial charge on any atom is -0.411 e. The molecular weight excluding hydrogens is 334 g/mol. The summed E-state index contributed by atoms with van der Waals surface area (Å²) in [6, 6.07) is 14.0. The molecule has 0 aliphatic heterocycles. The van der Waals surface area contributed by atoms with E-state index in [1.54, 1.807) is 0 Å². The summed E-state index contributed by atoms with van der Waals surface area (Å²) in [6.45, 7) is 0. The minimum absolute atomic E-state index is 0.523. The summed E-state index contributed by atoms with van der Waals surface area (Å²) in [5.74, 6) is 1.20. The maximum atomic E-state index is 5.82. The van der Waals surface area contributed by atoms with Crippen molar-refractivity contribution in [2.75, 3.05) is 0 Å². The first-order valence-electron chi connectivity index (χ1n) is 7.82. The van der Waals surface area contributed by atoms with Crippen LogP contribution in [0.4, 0.5) is 0 Å². The van der Waals surface area contributed by atoms with E-state index in [9.17, 15) is 0 Å². The maximum Gasteiger partial charge on any atom is 0.277 e. The van der Waals surface area contributed by atoms with Crippen molar-refractivity contribution in [3.63, 3.8) is 0 Å². The molecule has 0 spiro atoms. The molecule has 5 rings (SSSR count). The number of rotatable bonds is 4. The molecule has 4 aromatic heterocycles. The van der Waals surface area contributed by atoms with Crippen LogP contribution < -0.4 is 0 Å². The van der Waals surface area contributed by atoms with Gasteiger partial charge in [0.2, 0.25) is 0 Å². The van der Waals surface area contributed by atoms with E-state index >= 15 is 0 Å². The van der Waals surface area contributed by atoms with Gasteiger partial charge in [-0.05, 0) is 18.2 Å². The highest BCUT2D eigenvalue weighted by atomic mass is 32.2. The molecule has 0 saturated carbocycles. The Balaban J connectivity index is 1.37. The zero-order valence-corrected chi connectivity index (χ0v) is 13.9. The molecule has 122 valence electrons. The van der Waals surface area contributed by atoms with Crippen molar-refractivity contribution in [3.05, 3.63) is 66.7 Å². The Morgan fingerprint density at radius 1 is 1.08 bits per heavy atom. The smallest absolute Gasteiger partial charge is 0.277 e. The van der Waals surface area contributed by atoms with E-state index in [0.717, 1.165) is 27.8 Å². The molecule has 0 unspecified atom stereocenters. The molecule has 1 aromatic carbocycles. The Morgan fingerprint density at radius 2 is 2.00 bits per heavy atom. The summed E-state index contributed by atoms with van der Waals surface area (Å²) >= 11 is 1.49. The number of aromatic nitrogens is 5. The molecule has 0 amide bonds. The molecule has 6 nitrogen and oxygen atoms in total. The summed E-state index contributed by atoms with van der Waals surface area (Å²) in [5.41, 5.74) is 3.88. The first-order chi connectivity index (χ1) is 12.4. The molecule has 0 fully saturated rings.